The first-order chi connectivity index (χ1) is 15.6. The molecule has 1 atom stereocenters. The van der Waals surface area contributed by atoms with Gasteiger partial charge in [0.15, 0.2) is 17.6 Å². The summed E-state index contributed by atoms with van der Waals surface area (Å²) in [6, 6.07) is 20.3. The average Bonchev–Trinajstić information content (AvgIpc) is 3.24. The van der Waals surface area contributed by atoms with Crippen molar-refractivity contribution in [1.82, 2.24) is 4.90 Å². The Hall–Kier alpha value is -4.00. The Kier molecular flexibility index (Phi) is 5.15. The molecular weight excluding hydrogens is 408 g/mol. The number of nitrogens with zero attached hydrogens (tertiary/aromatic N) is 1. The molecule has 0 aromatic heterocycles. The van der Waals surface area contributed by atoms with Gasteiger partial charge in [0, 0.05) is 29.9 Å². The number of anilines is 1. The summed E-state index contributed by atoms with van der Waals surface area (Å²) in [6.07, 6.45) is -0.589. The van der Waals surface area contributed by atoms with Gasteiger partial charge >= 0.3 is 0 Å². The van der Waals surface area contributed by atoms with E-state index >= 15 is 0 Å². The van der Waals surface area contributed by atoms with Gasteiger partial charge in [-0.25, -0.2) is 0 Å². The second-order valence-corrected chi connectivity index (χ2v) is 7.78. The highest BCUT2D eigenvalue weighted by molar-refractivity contribution is 6.04. The number of benzene rings is 3. The third-order valence-corrected chi connectivity index (χ3v) is 5.49. The molecule has 0 saturated carbocycles. The monoisotopic (exact) mass is 430 g/mol. The van der Waals surface area contributed by atoms with Crippen LogP contribution in [0.25, 0.3) is 0 Å². The molecule has 0 bridgehead atoms. The van der Waals surface area contributed by atoms with E-state index in [1.165, 1.54) is 0 Å². The summed E-state index contributed by atoms with van der Waals surface area (Å²) in [6.45, 7) is 2.79. The summed E-state index contributed by atoms with van der Waals surface area (Å²) < 4.78 is 16.5. The van der Waals surface area contributed by atoms with Crippen molar-refractivity contribution in [1.29, 1.82) is 0 Å². The molecule has 7 nitrogen and oxygen atoms in total. The van der Waals surface area contributed by atoms with Crippen LogP contribution in [0, 0.1) is 0 Å². The van der Waals surface area contributed by atoms with Gasteiger partial charge < -0.3 is 24.4 Å². The molecule has 2 aliphatic heterocycles. The maximum Gasteiger partial charge on any atom is 0.263 e. The van der Waals surface area contributed by atoms with Crippen molar-refractivity contribution in [2.45, 2.75) is 26.1 Å². The second kappa shape index (κ2) is 8.26. The van der Waals surface area contributed by atoms with Crippen LogP contribution in [-0.2, 0) is 17.9 Å². The van der Waals surface area contributed by atoms with Gasteiger partial charge in [-0.05, 0) is 48.9 Å². The lowest BCUT2D eigenvalue weighted by molar-refractivity contribution is -0.138. The molecule has 0 aliphatic carbocycles. The summed E-state index contributed by atoms with van der Waals surface area (Å²) in [5, 5.41) is 2.91. The summed E-state index contributed by atoms with van der Waals surface area (Å²) in [4.78, 5) is 27.4. The van der Waals surface area contributed by atoms with Crippen LogP contribution in [0.2, 0.25) is 0 Å². The molecule has 162 valence electrons. The van der Waals surface area contributed by atoms with Crippen LogP contribution in [0.15, 0.2) is 66.7 Å². The smallest absolute Gasteiger partial charge is 0.263 e. The third-order valence-electron chi connectivity index (χ3n) is 5.49. The minimum absolute atomic E-state index is 0.0731. The number of ether oxygens (including phenoxy) is 3. The first-order valence-electron chi connectivity index (χ1n) is 10.4. The lowest BCUT2D eigenvalue weighted by Crippen LogP contribution is -2.37. The molecule has 0 fully saturated rings. The molecule has 0 radical (unpaired) electrons. The number of carbonyl (C=O) groups excluding carboxylic acids is 2. The number of hydrogen-bond acceptors (Lipinski definition) is 5. The van der Waals surface area contributed by atoms with Crippen LogP contribution in [0.3, 0.4) is 0 Å². The zero-order chi connectivity index (χ0) is 22.1. The number of amides is 2. The van der Waals surface area contributed by atoms with Gasteiger partial charge in [0.25, 0.3) is 11.8 Å². The summed E-state index contributed by atoms with van der Waals surface area (Å²) >= 11 is 0. The average molecular weight is 430 g/mol. The van der Waals surface area contributed by atoms with Crippen LogP contribution >= 0.6 is 0 Å². The topological polar surface area (TPSA) is 77.1 Å². The first-order valence-corrected chi connectivity index (χ1v) is 10.4. The predicted molar refractivity (Wildman–Crippen MR) is 118 cm³/mol. The van der Waals surface area contributed by atoms with Crippen molar-refractivity contribution >= 4 is 17.5 Å². The molecule has 2 amide bonds. The minimum atomic E-state index is -0.589. The Balaban J connectivity index is 1.36. The van der Waals surface area contributed by atoms with E-state index in [0.29, 0.717) is 41.6 Å². The van der Waals surface area contributed by atoms with Crippen molar-refractivity contribution in [3.8, 4) is 17.2 Å². The lowest BCUT2D eigenvalue weighted by Gasteiger charge is -2.22. The molecule has 32 heavy (non-hydrogen) atoms. The number of fused-ring (bicyclic) bond motifs is 2. The van der Waals surface area contributed by atoms with Gasteiger partial charge in [-0.2, -0.15) is 0 Å². The maximum atomic E-state index is 12.9. The van der Waals surface area contributed by atoms with E-state index in [9.17, 15) is 9.59 Å². The zero-order valence-electron chi connectivity index (χ0n) is 17.5. The van der Waals surface area contributed by atoms with Gasteiger partial charge in [-0.3, -0.25) is 9.59 Å². The van der Waals surface area contributed by atoms with E-state index in [1.807, 2.05) is 36.4 Å². The molecule has 2 aliphatic rings. The fourth-order valence-electron chi connectivity index (χ4n) is 3.86. The highest BCUT2D eigenvalue weighted by Gasteiger charge is 2.28. The minimum Gasteiger partial charge on any atom is -0.481 e. The molecule has 0 spiro atoms. The Morgan fingerprint density at radius 3 is 2.62 bits per heavy atom. The van der Waals surface area contributed by atoms with Crippen LogP contribution in [-0.4, -0.2) is 29.6 Å². The van der Waals surface area contributed by atoms with Crippen molar-refractivity contribution in [3.05, 3.63) is 83.4 Å². The van der Waals surface area contributed by atoms with Crippen LogP contribution in [0.5, 0.6) is 17.2 Å². The molecule has 5 rings (SSSR count). The maximum absolute atomic E-state index is 12.9. The van der Waals surface area contributed by atoms with Crippen molar-refractivity contribution in [2.75, 3.05) is 12.1 Å². The summed E-state index contributed by atoms with van der Waals surface area (Å²) in [7, 11) is 0. The molecule has 2 heterocycles. The van der Waals surface area contributed by atoms with Crippen molar-refractivity contribution in [3.63, 3.8) is 0 Å². The quantitative estimate of drug-likeness (QED) is 0.678. The van der Waals surface area contributed by atoms with Gasteiger partial charge in [0.05, 0.1) is 0 Å². The van der Waals surface area contributed by atoms with E-state index < -0.39 is 6.10 Å². The highest BCUT2D eigenvalue weighted by atomic mass is 16.7. The van der Waals surface area contributed by atoms with E-state index in [0.717, 1.165) is 11.1 Å². The predicted octanol–water partition coefficient (Wildman–Crippen LogP) is 3.98. The van der Waals surface area contributed by atoms with Crippen molar-refractivity contribution in [2.24, 2.45) is 0 Å². The van der Waals surface area contributed by atoms with Gasteiger partial charge in [0.1, 0.15) is 5.75 Å². The van der Waals surface area contributed by atoms with Gasteiger partial charge in [0.2, 0.25) is 6.79 Å². The zero-order valence-corrected chi connectivity index (χ0v) is 17.5. The summed E-state index contributed by atoms with van der Waals surface area (Å²) in [5.74, 6) is 1.49. The highest BCUT2D eigenvalue weighted by Crippen LogP contribution is 2.33. The van der Waals surface area contributed by atoms with Crippen molar-refractivity contribution < 1.29 is 23.8 Å². The first kappa shape index (κ1) is 19.9. The third kappa shape index (κ3) is 3.97. The standard InChI is InChI=1S/C25H22N2O5/c1-16-25(29)27(13-17-5-3-2-4-6-17)14-19-11-20(8-10-21(19)32-16)26-24(28)18-7-9-22-23(12-18)31-15-30-22/h2-12,16H,13-15H2,1H3,(H,26,28)/t16-/m1/s1. The van der Waals surface area contributed by atoms with E-state index in [-0.39, 0.29) is 18.6 Å². The second-order valence-electron chi connectivity index (χ2n) is 7.78. The molecular formula is C25H22N2O5. The van der Waals surface area contributed by atoms with E-state index in [1.54, 1.807) is 42.2 Å². The lowest BCUT2D eigenvalue weighted by atomic mass is 10.1. The molecule has 0 saturated heterocycles. The summed E-state index contributed by atoms with van der Waals surface area (Å²) in [5.41, 5.74) is 2.97. The molecule has 7 heteroatoms. The SMILES string of the molecule is C[C@H]1Oc2ccc(NC(=O)c3ccc4c(c3)OCO4)cc2CN(Cc2ccccc2)C1=O. The Morgan fingerprint density at radius 1 is 1.00 bits per heavy atom. The Morgan fingerprint density at radius 2 is 1.78 bits per heavy atom. The van der Waals surface area contributed by atoms with E-state index in [4.69, 9.17) is 14.2 Å². The Bertz CT molecular complexity index is 1180. The van der Waals surface area contributed by atoms with Gasteiger partial charge in [-0.1, -0.05) is 30.3 Å². The normalized spacial score (nSPS) is 16.7. The molecule has 0 unspecified atom stereocenters. The van der Waals surface area contributed by atoms with Crippen LogP contribution in [0.1, 0.15) is 28.4 Å². The number of carbonyl (C=O) groups is 2. The van der Waals surface area contributed by atoms with Crippen LogP contribution in [0.4, 0.5) is 5.69 Å². The number of rotatable bonds is 4. The van der Waals surface area contributed by atoms with Gasteiger partial charge in [-0.15, -0.1) is 0 Å². The molecule has 1 N–H and O–H groups in total. The fourth-order valence-corrected chi connectivity index (χ4v) is 3.86. The largest absolute Gasteiger partial charge is 0.481 e. The van der Waals surface area contributed by atoms with Crippen LogP contribution < -0.4 is 19.5 Å². The molecule has 3 aromatic carbocycles. The fraction of sp³-hybridized carbons (Fsp3) is 0.200. The number of hydrogen-bond donors (Lipinski definition) is 1. The Labute approximate surface area is 185 Å². The van der Waals surface area contributed by atoms with E-state index in [2.05, 4.69) is 5.32 Å². The number of nitrogens with one attached hydrogen (secondary N) is 1. The molecule has 3 aromatic rings.